The summed E-state index contributed by atoms with van der Waals surface area (Å²) in [5, 5.41) is 10.3. The highest BCUT2D eigenvalue weighted by atomic mass is 28.3. The molecule has 1 unspecified atom stereocenters. The molecule has 0 bridgehead atoms. The molecule has 2 aromatic rings. The maximum atomic E-state index is 14.0. The first-order valence-electron chi connectivity index (χ1n) is 16.2. The predicted molar refractivity (Wildman–Crippen MR) is 189 cm³/mol. The minimum atomic E-state index is -4.96. The third kappa shape index (κ3) is 11.1. The van der Waals surface area contributed by atoms with Crippen LogP contribution >= 0.6 is 0 Å². The standard InChI is InChI=1S/C26H28F4O2.C12H23BO2Si/c1-6-13-25(32,26(28,29)30)16-24(4,5)22-12-11-20(27)15-21(22)23(31)14-18(3)19-9-7-17(2)8-10-19;1-11(2)12(3,4)15-13(14-11)9-8-10-16(5,6)7/h1,7-12,15,18,32H,13-14,16H2,2-5H3;9H2,1-7H3/t18-,25?;/m1./s1. The molecule has 262 valence electrons. The number of hydrogen-bond donors (Lipinski definition) is 1. The molecule has 0 saturated carbocycles. The Labute approximate surface area is 286 Å². The van der Waals surface area contributed by atoms with Crippen molar-refractivity contribution in [1.82, 2.24) is 0 Å². The van der Waals surface area contributed by atoms with Crippen LogP contribution in [0.4, 0.5) is 17.6 Å². The average molecular weight is 687 g/mol. The number of carbonyl (C=O) groups is 1. The van der Waals surface area contributed by atoms with Gasteiger partial charge in [0.15, 0.2) is 11.4 Å². The zero-order chi connectivity index (χ0) is 36.9. The molecule has 2 atom stereocenters. The zero-order valence-electron chi connectivity index (χ0n) is 30.3. The lowest BCUT2D eigenvalue weighted by molar-refractivity contribution is -0.264. The van der Waals surface area contributed by atoms with E-state index in [0.29, 0.717) is 6.32 Å². The van der Waals surface area contributed by atoms with E-state index >= 15 is 0 Å². The minimum absolute atomic E-state index is 0.0131. The second-order valence-corrected chi connectivity index (χ2v) is 20.3. The van der Waals surface area contributed by atoms with E-state index in [-0.39, 0.29) is 47.6 Å². The van der Waals surface area contributed by atoms with Crippen molar-refractivity contribution in [2.45, 2.75) is 135 Å². The van der Waals surface area contributed by atoms with Crippen molar-refractivity contribution in [3.05, 3.63) is 70.5 Å². The molecule has 1 heterocycles. The smallest absolute Gasteiger partial charge is 0.403 e. The molecule has 3 rings (SSSR count). The minimum Gasteiger partial charge on any atom is -0.403 e. The lowest BCUT2D eigenvalue weighted by Crippen LogP contribution is -2.49. The summed E-state index contributed by atoms with van der Waals surface area (Å²) >= 11 is 0. The van der Waals surface area contributed by atoms with Crippen molar-refractivity contribution in [1.29, 1.82) is 0 Å². The van der Waals surface area contributed by atoms with Crippen LogP contribution in [-0.2, 0) is 14.7 Å². The van der Waals surface area contributed by atoms with E-state index in [1.54, 1.807) is 0 Å². The Morgan fingerprint density at radius 3 is 2.04 bits per heavy atom. The molecule has 2 aromatic carbocycles. The maximum Gasteiger partial charge on any atom is 0.470 e. The summed E-state index contributed by atoms with van der Waals surface area (Å²) in [6.07, 6.45) is -0.841. The van der Waals surface area contributed by atoms with Crippen LogP contribution in [-0.4, -0.2) is 49.1 Å². The molecule has 0 radical (unpaired) electrons. The highest BCUT2D eigenvalue weighted by Gasteiger charge is 2.55. The number of ketones is 1. The molecule has 4 nitrogen and oxygen atoms in total. The van der Waals surface area contributed by atoms with Gasteiger partial charge in [0.1, 0.15) is 13.9 Å². The van der Waals surface area contributed by atoms with E-state index in [2.05, 4.69) is 58.8 Å². The van der Waals surface area contributed by atoms with E-state index in [1.165, 1.54) is 19.9 Å². The van der Waals surface area contributed by atoms with E-state index in [9.17, 15) is 27.5 Å². The van der Waals surface area contributed by atoms with Crippen LogP contribution in [0, 0.1) is 36.5 Å². The van der Waals surface area contributed by atoms with Gasteiger partial charge in [-0.2, -0.15) is 13.2 Å². The number of alkyl halides is 3. The number of hydrogen-bond acceptors (Lipinski definition) is 4. The molecule has 0 aromatic heterocycles. The Morgan fingerprint density at radius 1 is 1.02 bits per heavy atom. The molecule has 1 N–H and O–H groups in total. The molecule has 1 aliphatic heterocycles. The quantitative estimate of drug-likeness (QED) is 0.124. The Kier molecular flexibility index (Phi) is 13.2. The molecule has 0 spiro atoms. The van der Waals surface area contributed by atoms with Gasteiger partial charge >= 0.3 is 13.3 Å². The third-order valence-electron chi connectivity index (χ3n) is 8.84. The number of aliphatic hydroxyl groups is 1. The molecule has 1 aliphatic rings. The molecular formula is C38H51BF4O4Si. The topological polar surface area (TPSA) is 55.8 Å². The summed E-state index contributed by atoms with van der Waals surface area (Å²) in [4.78, 5) is 13.1. The molecule has 0 amide bonds. The van der Waals surface area contributed by atoms with E-state index in [1.807, 2.05) is 44.0 Å². The van der Waals surface area contributed by atoms with Crippen molar-refractivity contribution < 1.29 is 36.8 Å². The lowest BCUT2D eigenvalue weighted by Gasteiger charge is -2.37. The van der Waals surface area contributed by atoms with Gasteiger partial charge in [0.05, 0.1) is 11.2 Å². The van der Waals surface area contributed by atoms with Gasteiger partial charge in [-0.05, 0) is 75.6 Å². The first-order chi connectivity index (χ1) is 21.7. The van der Waals surface area contributed by atoms with Gasteiger partial charge in [0.25, 0.3) is 0 Å². The van der Waals surface area contributed by atoms with Crippen molar-refractivity contribution in [3.8, 4) is 23.8 Å². The summed E-state index contributed by atoms with van der Waals surface area (Å²) in [6, 6.07) is 11.1. The van der Waals surface area contributed by atoms with Gasteiger partial charge < -0.3 is 14.4 Å². The monoisotopic (exact) mass is 686 g/mol. The number of benzene rings is 2. The number of rotatable bonds is 9. The molecule has 48 heavy (non-hydrogen) atoms. The summed E-state index contributed by atoms with van der Waals surface area (Å²) in [7, 11) is -1.45. The summed E-state index contributed by atoms with van der Waals surface area (Å²) < 4.78 is 66.5. The van der Waals surface area contributed by atoms with Gasteiger partial charge in [-0.1, -0.05) is 76.3 Å². The number of aryl methyl sites for hydroxylation is 1. The first kappa shape index (κ1) is 41.3. The molecule has 1 saturated heterocycles. The first-order valence-corrected chi connectivity index (χ1v) is 19.7. The van der Waals surface area contributed by atoms with Crippen molar-refractivity contribution in [3.63, 3.8) is 0 Å². The van der Waals surface area contributed by atoms with Crippen LogP contribution in [0.25, 0.3) is 0 Å². The third-order valence-corrected chi connectivity index (χ3v) is 9.77. The second-order valence-electron chi connectivity index (χ2n) is 15.5. The number of carbonyl (C=O) groups excluding carboxylic acids is 1. The van der Waals surface area contributed by atoms with E-state index < -0.39 is 43.9 Å². The summed E-state index contributed by atoms with van der Waals surface area (Å²) in [6.45, 7) is 21.8. The fourth-order valence-electron chi connectivity index (χ4n) is 5.44. The van der Waals surface area contributed by atoms with Crippen molar-refractivity contribution in [2.24, 2.45) is 0 Å². The largest absolute Gasteiger partial charge is 0.470 e. The van der Waals surface area contributed by atoms with Crippen LogP contribution in [0.2, 0.25) is 26.0 Å². The zero-order valence-corrected chi connectivity index (χ0v) is 31.3. The Morgan fingerprint density at radius 2 is 1.56 bits per heavy atom. The maximum absolute atomic E-state index is 14.0. The summed E-state index contributed by atoms with van der Waals surface area (Å²) in [5.41, 5.74) is 0.670. The van der Waals surface area contributed by atoms with Crippen LogP contribution in [0.15, 0.2) is 42.5 Å². The van der Waals surface area contributed by atoms with E-state index in [4.69, 9.17) is 15.7 Å². The van der Waals surface area contributed by atoms with Gasteiger partial charge in [0, 0.05) is 24.7 Å². The number of halogens is 4. The van der Waals surface area contributed by atoms with Crippen LogP contribution in [0.1, 0.15) is 101 Å². The molecule has 1 fully saturated rings. The van der Waals surface area contributed by atoms with Gasteiger partial charge in [-0.3, -0.25) is 4.79 Å². The normalized spacial score (nSPS) is 17.6. The van der Waals surface area contributed by atoms with Gasteiger partial charge in [0.2, 0.25) is 0 Å². The van der Waals surface area contributed by atoms with Crippen molar-refractivity contribution in [2.75, 3.05) is 0 Å². The van der Waals surface area contributed by atoms with Gasteiger partial charge in [-0.25, -0.2) is 4.39 Å². The Hall–Kier alpha value is -2.89. The fourth-order valence-corrected chi connectivity index (χ4v) is 6.08. The SMILES string of the molecule is C#CCC(O)(CC(C)(C)c1ccc(F)cc1C(=O)C[C@@H](C)c1ccc(C)cc1)C(F)(F)F.CC1(C)OB(CC#C[Si](C)(C)C)OC1(C)C. The Balaban J connectivity index is 0.000000419. The number of terminal acetylenes is 1. The molecular weight excluding hydrogens is 635 g/mol. The number of Topliss-reactive ketones (excluding diaryl/α,β-unsaturated/α-hetero) is 1. The highest BCUT2D eigenvalue weighted by Crippen LogP contribution is 2.44. The summed E-state index contributed by atoms with van der Waals surface area (Å²) in [5.74, 6) is 3.88. The van der Waals surface area contributed by atoms with Crippen LogP contribution in [0.3, 0.4) is 0 Å². The Bertz CT molecular complexity index is 1510. The molecule has 10 heteroatoms. The average Bonchev–Trinajstić information content (AvgIpc) is 3.12. The van der Waals surface area contributed by atoms with Crippen LogP contribution in [0.5, 0.6) is 0 Å². The molecule has 0 aliphatic carbocycles. The van der Waals surface area contributed by atoms with Crippen molar-refractivity contribution >= 4 is 21.0 Å². The van der Waals surface area contributed by atoms with Crippen LogP contribution < -0.4 is 0 Å². The predicted octanol–water partition coefficient (Wildman–Crippen LogP) is 9.45. The second kappa shape index (κ2) is 15.3. The van der Waals surface area contributed by atoms with Gasteiger partial charge in [-0.15, -0.1) is 23.8 Å². The lowest BCUT2D eigenvalue weighted by atomic mass is 9.71. The fraction of sp³-hybridized carbons (Fsp3) is 0.553. The van der Waals surface area contributed by atoms with E-state index in [0.717, 1.165) is 23.3 Å². The highest BCUT2D eigenvalue weighted by molar-refractivity contribution is 6.83.